The summed E-state index contributed by atoms with van der Waals surface area (Å²) in [4.78, 5) is 12.1. The number of hydrogen-bond donors (Lipinski definition) is 2. The minimum atomic E-state index is -4.19. The fourth-order valence-electron chi connectivity index (χ4n) is 2.91. The smallest absolute Gasteiger partial charge is 0.273 e. The number of rotatable bonds is 7. The van der Waals surface area contributed by atoms with Gasteiger partial charge in [-0.05, 0) is 46.7 Å². The van der Waals surface area contributed by atoms with Crippen LogP contribution in [0.2, 0.25) is 0 Å². The van der Waals surface area contributed by atoms with Crippen molar-refractivity contribution in [3.8, 4) is 0 Å². The quantitative estimate of drug-likeness (QED) is 0.663. The molecule has 0 radical (unpaired) electrons. The van der Waals surface area contributed by atoms with Gasteiger partial charge in [-0.25, -0.2) is 21.6 Å². The lowest BCUT2D eigenvalue weighted by molar-refractivity contribution is -0.132. The molecule has 1 aromatic rings. The average molecular weight is 439 g/mol. The number of fused-ring (bicyclic) bond motifs is 1. The van der Waals surface area contributed by atoms with Crippen molar-refractivity contribution in [2.45, 2.75) is 73.0 Å². The molecule has 11 heteroatoms. The van der Waals surface area contributed by atoms with Gasteiger partial charge in [0.15, 0.2) is 9.84 Å². The molecule has 154 valence electrons. The van der Waals surface area contributed by atoms with Crippen LogP contribution >= 0.6 is 11.3 Å². The summed E-state index contributed by atoms with van der Waals surface area (Å²) >= 11 is 0.679. The number of ether oxygens (including phenoxy) is 1. The van der Waals surface area contributed by atoms with E-state index in [2.05, 4.69) is 5.32 Å². The molecular weight excluding hydrogens is 412 g/mol. The van der Waals surface area contributed by atoms with E-state index in [1.807, 2.05) is 11.6 Å². The third-order valence-corrected chi connectivity index (χ3v) is 9.95. The highest BCUT2D eigenvalue weighted by molar-refractivity contribution is 7.95. The molecule has 27 heavy (non-hydrogen) atoms. The van der Waals surface area contributed by atoms with E-state index < -0.39 is 37.1 Å². The molecule has 0 saturated carbocycles. The molecule has 2 rings (SSSR count). The van der Waals surface area contributed by atoms with E-state index in [-0.39, 0.29) is 20.6 Å². The van der Waals surface area contributed by atoms with Gasteiger partial charge in [0.2, 0.25) is 0 Å². The maximum atomic E-state index is 12.6. The van der Waals surface area contributed by atoms with E-state index >= 15 is 0 Å². The van der Waals surface area contributed by atoms with E-state index in [1.54, 1.807) is 20.8 Å². The Balaban J connectivity index is 2.37. The summed E-state index contributed by atoms with van der Waals surface area (Å²) in [6.07, 6.45) is -0.826. The highest BCUT2D eigenvalue weighted by atomic mass is 32.3. The van der Waals surface area contributed by atoms with Crippen LogP contribution in [-0.4, -0.2) is 46.7 Å². The van der Waals surface area contributed by atoms with Gasteiger partial charge in [0.1, 0.15) is 14.5 Å². The van der Waals surface area contributed by atoms with Crippen LogP contribution in [0, 0.1) is 0 Å². The van der Waals surface area contributed by atoms with E-state index in [4.69, 9.17) is 4.74 Å². The van der Waals surface area contributed by atoms with Crippen LogP contribution in [-0.2, 0) is 29.4 Å². The highest BCUT2D eigenvalue weighted by Gasteiger charge is 2.39. The van der Waals surface area contributed by atoms with Crippen LogP contribution in [0.4, 0.5) is 0 Å². The lowest BCUT2D eigenvalue weighted by atomic mass is 10.1. The Labute approximate surface area is 164 Å². The first kappa shape index (κ1) is 22.3. The van der Waals surface area contributed by atoms with Gasteiger partial charge in [-0.2, -0.15) is 0 Å². The van der Waals surface area contributed by atoms with Crippen molar-refractivity contribution >= 4 is 37.1 Å². The van der Waals surface area contributed by atoms with E-state index in [1.165, 1.54) is 13.0 Å². The number of nitrogens with one attached hydrogen (secondary N) is 2. The number of carbonyl (C=O) groups is 1. The maximum Gasteiger partial charge on any atom is 0.273 e. The number of amides is 1. The molecule has 1 aliphatic heterocycles. The van der Waals surface area contributed by atoms with Crippen molar-refractivity contribution in [2.24, 2.45) is 0 Å². The lowest BCUT2D eigenvalue weighted by Crippen LogP contribution is -2.39. The summed E-state index contributed by atoms with van der Waals surface area (Å²) in [5.41, 5.74) is 0.444. The summed E-state index contributed by atoms with van der Waals surface area (Å²) in [7, 11) is -7.79. The molecule has 0 saturated heterocycles. The molecule has 0 spiro atoms. The van der Waals surface area contributed by atoms with Crippen molar-refractivity contribution < 1.29 is 26.4 Å². The Morgan fingerprint density at radius 1 is 1.37 bits per heavy atom. The second kappa shape index (κ2) is 8.16. The van der Waals surface area contributed by atoms with Gasteiger partial charge in [-0.15, -0.1) is 11.3 Å². The number of sulfone groups is 1. The minimum Gasteiger partial charge on any atom is -0.366 e. The number of carbonyl (C=O) groups excluding carboxylic acids is 1. The van der Waals surface area contributed by atoms with Crippen molar-refractivity contribution in [3.05, 3.63) is 11.6 Å². The predicted molar refractivity (Wildman–Crippen MR) is 103 cm³/mol. The first-order valence-corrected chi connectivity index (χ1v) is 12.6. The molecule has 2 N–H and O–H groups in total. The van der Waals surface area contributed by atoms with Gasteiger partial charge in [-0.3, -0.25) is 4.79 Å². The van der Waals surface area contributed by atoms with E-state index in [0.717, 1.165) is 0 Å². The molecule has 0 bridgehead atoms. The molecule has 1 aliphatic rings. The van der Waals surface area contributed by atoms with Gasteiger partial charge in [0, 0.05) is 11.6 Å². The Bertz CT molecular complexity index is 905. The van der Waals surface area contributed by atoms with E-state index in [0.29, 0.717) is 29.9 Å². The zero-order valence-corrected chi connectivity index (χ0v) is 18.4. The molecule has 3 atom stereocenters. The highest BCUT2D eigenvalue weighted by Crippen LogP contribution is 2.42. The monoisotopic (exact) mass is 438 g/mol. The minimum absolute atomic E-state index is 0.0477. The zero-order valence-electron chi connectivity index (χ0n) is 16.0. The van der Waals surface area contributed by atoms with Gasteiger partial charge in [-0.1, -0.05) is 6.92 Å². The average Bonchev–Trinajstić information content (AvgIpc) is 2.99. The number of thiophene rings is 1. The summed E-state index contributed by atoms with van der Waals surface area (Å²) in [5.74, 6) is -0.797. The molecule has 0 unspecified atom stereocenters. The topological polar surface area (TPSA) is 119 Å². The van der Waals surface area contributed by atoms with Crippen molar-refractivity contribution in [1.29, 1.82) is 0 Å². The number of hydrogen-bond acceptors (Lipinski definition) is 8. The SMILES string of the molecule is CCN[C@H]1C[C@H](C)S(=O)(=O)c2sc(S(=O)(=O)NC(=O)[C@H](C)OC(C)C)cc21. The molecule has 1 aromatic heterocycles. The van der Waals surface area contributed by atoms with Crippen LogP contribution < -0.4 is 10.0 Å². The third kappa shape index (κ3) is 4.70. The Morgan fingerprint density at radius 3 is 2.56 bits per heavy atom. The van der Waals surface area contributed by atoms with Gasteiger partial charge >= 0.3 is 0 Å². The Morgan fingerprint density at radius 2 is 2.00 bits per heavy atom. The molecular formula is C16H26N2O6S3. The van der Waals surface area contributed by atoms with Crippen molar-refractivity contribution in [1.82, 2.24) is 10.0 Å². The molecule has 0 fully saturated rings. The zero-order chi connectivity index (χ0) is 20.6. The van der Waals surface area contributed by atoms with E-state index in [9.17, 15) is 21.6 Å². The lowest BCUT2D eigenvalue weighted by Gasteiger charge is -2.27. The predicted octanol–water partition coefficient (Wildman–Crippen LogP) is 1.58. The summed E-state index contributed by atoms with van der Waals surface area (Å²) in [5, 5.41) is 2.58. The third-order valence-electron chi connectivity index (χ3n) is 4.23. The van der Waals surface area contributed by atoms with Crippen molar-refractivity contribution in [3.63, 3.8) is 0 Å². The molecule has 1 amide bonds. The standard InChI is InChI=1S/C16H26N2O6S3/c1-6-17-13-7-10(4)26(20,21)16-12(13)8-14(25-16)27(22,23)18-15(19)11(5)24-9(2)3/h8-11,13,17H,6-7H2,1-5H3,(H,18,19)/t10-,11-,13-/m0/s1. The van der Waals surface area contributed by atoms with Gasteiger partial charge < -0.3 is 10.1 Å². The summed E-state index contributed by atoms with van der Waals surface area (Å²) in [6, 6.07) is 1.10. The van der Waals surface area contributed by atoms with Crippen LogP contribution in [0.5, 0.6) is 0 Å². The van der Waals surface area contributed by atoms with Gasteiger partial charge in [0.05, 0.1) is 11.4 Å². The fourth-order valence-corrected chi connectivity index (χ4v) is 7.95. The Kier molecular flexibility index (Phi) is 6.73. The second-order valence-electron chi connectivity index (χ2n) is 6.81. The first-order valence-electron chi connectivity index (χ1n) is 8.73. The molecule has 0 aliphatic carbocycles. The fraction of sp³-hybridized carbons (Fsp3) is 0.688. The van der Waals surface area contributed by atoms with Crippen LogP contribution in [0.3, 0.4) is 0 Å². The normalized spacial score (nSPS) is 23.0. The first-order chi connectivity index (χ1) is 12.4. The molecule has 8 nitrogen and oxygen atoms in total. The largest absolute Gasteiger partial charge is 0.366 e. The Hall–Kier alpha value is -1.01. The van der Waals surface area contributed by atoms with Crippen LogP contribution in [0.1, 0.15) is 52.6 Å². The molecule has 0 aromatic carbocycles. The van der Waals surface area contributed by atoms with Crippen LogP contribution in [0.25, 0.3) is 0 Å². The summed E-state index contributed by atoms with van der Waals surface area (Å²) < 4.78 is 57.6. The summed E-state index contributed by atoms with van der Waals surface area (Å²) in [6.45, 7) is 9.06. The number of sulfonamides is 1. The molecule has 2 heterocycles. The van der Waals surface area contributed by atoms with Crippen molar-refractivity contribution in [2.75, 3.05) is 6.54 Å². The second-order valence-corrected chi connectivity index (χ2v) is 12.3. The van der Waals surface area contributed by atoms with Crippen LogP contribution in [0.15, 0.2) is 14.5 Å². The maximum absolute atomic E-state index is 12.6. The van der Waals surface area contributed by atoms with Gasteiger partial charge in [0.25, 0.3) is 15.9 Å².